The lowest BCUT2D eigenvalue weighted by Crippen LogP contribution is -2.30. The molecule has 0 bridgehead atoms. The minimum Gasteiger partial charge on any atom is -0.490 e. The van der Waals surface area contributed by atoms with Crippen molar-refractivity contribution in [2.45, 2.75) is 65.8 Å². The highest BCUT2D eigenvalue weighted by Crippen LogP contribution is 2.30. The Morgan fingerprint density at radius 1 is 1.22 bits per heavy atom. The molecule has 0 saturated heterocycles. The van der Waals surface area contributed by atoms with Crippen LogP contribution in [0, 0.1) is 12.8 Å². The lowest BCUT2D eigenvalue weighted by Gasteiger charge is -2.27. The number of pyridine rings is 1. The van der Waals surface area contributed by atoms with Gasteiger partial charge < -0.3 is 19.7 Å². The van der Waals surface area contributed by atoms with Gasteiger partial charge in [-0.05, 0) is 52.0 Å². The van der Waals surface area contributed by atoms with E-state index in [1.54, 1.807) is 19.3 Å². The van der Waals surface area contributed by atoms with Crippen LogP contribution < -0.4 is 15.0 Å². The fourth-order valence-corrected chi connectivity index (χ4v) is 4.94. The highest BCUT2D eigenvalue weighted by molar-refractivity contribution is 5.81. The second kappa shape index (κ2) is 12.7. The van der Waals surface area contributed by atoms with Crippen LogP contribution in [0.25, 0.3) is 11.0 Å². The molecule has 3 aromatic rings. The van der Waals surface area contributed by atoms with Crippen molar-refractivity contribution in [2.75, 3.05) is 36.5 Å². The Morgan fingerprint density at radius 3 is 2.68 bits per heavy atom. The van der Waals surface area contributed by atoms with E-state index in [0.29, 0.717) is 44.3 Å². The van der Waals surface area contributed by atoms with Gasteiger partial charge in [-0.15, -0.1) is 0 Å². The Morgan fingerprint density at radius 2 is 1.97 bits per heavy atom. The zero-order chi connectivity index (χ0) is 26.2. The van der Waals surface area contributed by atoms with Gasteiger partial charge in [0.1, 0.15) is 5.82 Å². The van der Waals surface area contributed by atoms with Crippen LogP contribution in [0.2, 0.25) is 0 Å². The molecule has 1 N–H and O–H groups in total. The highest BCUT2D eigenvalue weighted by atomic mass is 16.5. The number of carbonyl (C=O) groups is 1. The molecule has 1 aliphatic carbocycles. The molecular weight excluding hydrogens is 470 g/mol. The van der Waals surface area contributed by atoms with Crippen molar-refractivity contribution in [3.63, 3.8) is 0 Å². The van der Waals surface area contributed by atoms with Gasteiger partial charge in [0, 0.05) is 44.1 Å². The molecule has 0 spiro atoms. The van der Waals surface area contributed by atoms with Crippen molar-refractivity contribution in [1.29, 1.82) is 0 Å². The summed E-state index contributed by atoms with van der Waals surface area (Å²) >= 11 is 0. The summed E-state index contributed by atoms with van der Waals surface area (Å²) in [6.07, 6.45) is 9.45. The number of anilines is 2. The molecule has 0 radical (unpaired) electrons. The van der Waals surface area contributed by atoms with E-state index in [2.05, 4.69) is 38.3 Å². The summed E-state index contributed by atoms with van der Waals surface area (Å²) in [5.41, 5.74) is 2.98. The number of rotatable bonds is 13. The summed E-state index contributed by atoms with van der Waals surface area (Å²) < 4.78 is 12.5. The summed E-state index contributed by atoms with van der Waals surface area (Å²) in [4.78, 5) is 27.7. The van der Waals surface area contributed by atoms with Crippen molar-refractivity contribution in [3.05, 3.63) is 29.7 Å². The summed E-state index contributed by atoms with van der Waals surface area (Å²) in [6, 6.07) is 2.20. The third-order valence-electron chi connectivity index (χ3n) is 6.85. The second-order valence-electron chi connectivity index (χ2n) is 9.59. The first-order valence-electron chi connectivity index (χ1n) is 13.4. The third-order valence-corrected chi connectivity index (χ3v) is 6.85. The molecule has 200 valence electrons. The van der Waals surface area contributed by atoms with Crippen LogP contribution >= 0.6 is 0 Å². The van der Waals surface area contributed by atoms with Gasteiger partial charge in [-0.1, -0.05) is 12.8 Å². The molecule has 0 aliphatic heterocycles. The van der Waals surface area contributed by atoms with Gasteiger partial charge in [0.25, 0.3) is 0 Å². The number of ether oxygens (including phenoxy) is 2. The summed E-state index contributed by atoms with van der Waals surface area (Å²) in [6.45, 7) is 9.29. The zero-order valence-corrected chi connectivity index (χ0v) is 22.5. The summed E-state index contributed by atoms with van der Waals surface area (Å²) in [5, 5.41) is 9.01. The fraction of sp³-hybridized carbons (Fsp3) is 0.593. The number of esters is 1. The third kappa shape index (κ3) is 6.87. The first-order chi connectivity index (χ1) is 18.0. The number of fused-ring (bicyclic) bond motifs is 1. The quantitative estimate of drug-likeness (QED) is 0.265. The number of nitrogens with one attached hydrogen (secondary N) is 1. The molecule has 0 amide bonds. The molecule has 10 nitrogen and oxygen atoms in total. The summed E-state index contributed by atoms with van der Waals surface area (Å²) in [7, 11) is 1.95. The van der Waals surface area contributed by atoms with E-state index < -0.39 is 0 Å². The topological polar surface area (TPSA) is 107 Å². The van der Waals surface area contributed by atoms with E-state index in [1.807, 2.05) is 18.7 Å². The lowest BCUT2D eigenvalue weighted by atomic mass is 10.1. The molecule has 0 unspecified atom stereocenters. The average Bonchev–Trinajstić information content (AvgIpc) is 3.51. The summed E-state index contributed by atoms with van der Waals surface area (Å²) in [5.74, 6) is 2.60. The van der Waals surface area contributed by atoms with E-state index in [9.17, 15) is 4.79 Å². The van der Waals surface area contributed by atoms with Crippen molar-refractivity contribution < 1.29 is 14.3 Å². The molecule has 1 saturated carbocycles. The molecule has 3 aromatic heterocycles. The number of aromatic nitrogens is 5. The molecule has 10 heteroatoms. The van der Waals surface area contributed by atoms with Gasteiger partial charge in [-0.25, -0.2) is 15.0 Å². The molecule has 3 heterocycles. The van der Waals surface area contributed by atoms with E-state index >= 15 is 0 Å². The smallest absolute Gasteiger partial charge is 0.305 e. The van der Waals surface area contributed by atoms with Gasteiger partial charge in [0.2, 0.25) is 5.95 Å². The maximum absolute atomic E-state index is 11.4. The van der Waals surface area contributed by atoms with E-state index in [0.717, 1.165) is 47.1 Å². The minimum absolute atomic E-state index is 0.208. The van der Waals surface area contributed by atoms with Crippen LogP contribution in [-0.2, 0) is 23.1 Å². The lowest BCUT2D eigenvalue weighted by molar-refractivity contribution is -0.143. The van der Waals surface area contributed by atoms with Crippen LogP contribution in [-0.4, -0.2) is 57.0 Å². The Hall–Kier alpha value is -3.43. The van der Waals surface area contributed by atoms with Crippen LogP contribution in [0.1, 0.15) is 63.6 Å². The fourth-order valence-electron chi connectivity index (χ4n) is 4.94. The maximum atomic E-state index is 11.4. The van der Waals surface area contributed by atoms with E-state index in [-0.39, 0.29) is 5.97 Å². The van der Waals surface area contributed by atoms with Crippen molar-refractivity contribution >= 4 is 28.8 Å². The normalized spacial score (nSPS) is 13.7. The van der Waals surface area contributed by atoms with Crippen LogP contribution in [0.3, 0.4) is 0 Å². The molecule has 37 heavy (non-hydrogen) atoms. The predicted molar refractivity (Wildman–Crippen MR) is 144 cm³/mol. The maximum Gasteiger partial charge on any atom is 0.305 e. The van der Waals surface area contributed by atoms with Gasteiger partial charge in [0.05, 0.1) is 31.3 Å². The standard InChI is InChI=1S/C27H39N7O3/c1-5-34(18-20-10-7-8-11-20)25-21(14-23-19(3)32-33(4)26(23)31-25)15-28-27-29-16-22(17-30-27)37-13-9-12-24(35)36-6-2/h14,16-17,20H,5-13,15,18H2,1-4H3,(H,28,29,30). The Labute approximate surface area is 218 Å². The van der Waals surface area contributed by atoms with Crippen LogP contribution in [0.15, 0.2) is 18.5 Å². The molecule has 1 aliphatic rings. The number of hydrogen-bond acceptors (Lipinski definition) is 9. The van der Waals surface area contributed by atoms with Gasteiger partial charge >= 0.3 is 5.97 Å². The van der Waals surface area contributed by atoms with Crippen molar-refractivity contribution in [3.8, 4) is 5.75 Å². The molecule has 0 aromatic carbocycles. The largest absolute Gasteiger partial charge is 0.490 e. The number of carbonyl (C=O) groups excluding carboxylic acids is 1. The Bertz CT molecular complexity index is 1170. The van der Waals surface area contributed by atoms with E-state index in [4.69, 9.17) is 14.5 Å². The van der Waals surface area contributed by atoms with Crippen LogP contribution in [0.4, 0.5) is 11.8 Å². The molecule has 0 atom stereocenters. The first kappa shape index (κ1) is 26.6. The van der Waals surface area contributed by atoms with Gasteiger partial charge in [-0.2, -0.15) is 5.10 Å². The zero-order valence-electron chi connectivity index (χ0n) is 22.5. The molecular formula is C27H39N7O3. The monoisotopic (exact) mass is 509 g/mol. The number of hydrogen-bond donors (Lipinski definition) is 1. The SMILES string of the molecule is CCOC(=O)CCCOc1cnc(NCc2cc3c(C)nn(C)c3nc2N(CC)CC2CCCC2)nc1. The molecule has 1 fully saturated rings. The van der Waals surface area contributed by atoms with Gasteiger partial charge in [-0.3, -0.25) is 9.48 Å². The highest BCUT2D eigenvalue weighted by Gasteiger charge is 2.22. The molecule has 4 rings (SSSR count). The van der Waals surface area contributed by atoms with Crippen LogP contribution in [0.5, 0.6) is 5.75 Å². The Balaban J connectivity index is 1.43. The number of aryl methyl sites for hydroxylation is 2. The second-order valence-corrected chi connectivity index (χ2v) is 9.59. The van der Waals surface area contributed by atoms with Crippen molar-refractivity contribution in [1.82, 2.24) is 24.7 Å². The minimum atomic E-state index is -0.208. The number of nitrogens with zero attached hydrogens (tertiary/aromatic N) is 6. The van der Waals surface area contributed by atoms with E-state index in [1.165, 1.54) is 25.7 Å². The Kier molecular flexibility index (Phi) is 9.14. The van der Waals surface area contributed by atoms with Gasteiger partial charge in [0.15, 0.2) is 11.4 Å². The van der Waals surface area contributed by atoms with Crippen molar-refractivity contribution in [2.24, 2.45) is 13.0 Å². The average molecular weight is 510 g/mol. The predicted octanol–water partition coefficient (Wildman–Crippen LogP) is 4.42. The first-order valence-corrected chi connectivity index (χ1v) is 13.4.